The van der Waals surface area contributed by atoms with Crippen LogP contribution in [0.2, 0.25) is 5.02 Å². The lowest BCUT2D eigenvalue weighted by molar-refractivity contribution is -0.140. The summed E-state index contributed by atoms with van der Waals surface area (Å²) in [6.07, 6.45) is 0. The van der Waals surface area contributed by atoms with Crippen molar-refractivity contribution < 1.29 is 14.7 Å². The van der Waals surface area contributed by atoms with Crippen LogP contribution in [-0.2, 0) is 11.3 Å². The summed E-state index contributed by atoms with van der Waals surface area (Å²) in [4.78, 5) is 30.7. The maximum atomic E-state index is 12.4. The average molecular weight is 472 g/mol. The number of nitrogens with one attached hydrogen (secondary N) is 1. The van der Waals surface area contributed by atoms with Gasteiger partial charge in [0.05, 0.1) is 5.69 Å². The van der Waals surface area contributed by atoms with Crippen LogP contribution in [0.4, 0.5) is 5.13 Å². The molecule has 0 aliphatic carbocycles. The molecule has 0 aliphatic rings. The molecule has 2 aromatic carbocycles. The molecule has 0 spiro atoms. The van der Waals surface area contributed by atoms with Gasteiger partial charge in [-0.2, -0.15) is 0 Å². The Labute approximate surface area is 196 Å². The highest BCUT2D eigenvalue weighted by atomic mass is 35.5. The number of carbonyl (C=O) groups excluding carboxylic acids is 1. The van der Waals surface area contributed by atoms with Crippen LogP contribution in [0.1, 0.15) is 36.7 Å². The molecule has 8 heteroatoms. The zero-order chi connectivity index (χ0) is 23.3. The Morgan fingerprint density at radius 3 is 2.44 bits per heavy atom. The van der Waals surface area contributed by atoms with E-state index in [2.05, 4.69) is 17.1 Å². The van der Waals surface area contributed by atoms with Gasteiger partial charge in [0.25, 0.3) is 5.91 Å². The van der Waals surface area contributed by atoms with Crippen molar-refractivity contribution in [3.63, 3.8) is 0 Å². The zero-order valence-electron chi connectivity index (χ0n) is 18.2. The monoisotopic (exact) mass is 471 g/mol. The van der Waals surface area contributed by atoms with Crippen LogP contribution in [0.25, 0.3) is 11.3 Å². The molecule has 1 unspecified atom stereocenters. The number of rotatable bonds is 9. The van der Waals surface area contributed by atoms with Crippen molar-refractivity contribution in [2.75, 3.05) is 11.4 Å². The molecule has 32 heavy (non-hydrogen) atoms. The summed E-state index contributed by atoms with van der Waals surface area (Å²) in [5.74, 6) is -1.64. The fourth-order valence-corrected chi connectivity index (χ4v) is 4.36. The third-order valence-corrected chi connectivity index (χ3v) is 6.33. The van der Waals surface area contributed by atoms with Crippen LogP contribution in [-0.4, -0.2) is 34.6 Å². The van der Waals surface area contributed by atoms with Crippen molar-refractivity contribution in [2.45, 2.75) is 33.4 Å². The van der Waals surface area contributed by atoms with Crippen LogP contribution in [0.5, 0.6) is 0 Å². The minimum Gasteiger partial charge on any atom is -0.480 e. The maximum Gasteiger partial charge on any atom is 0.326 e. The number of amides is 1. The van der Waals surface area contributed by atoms with Crippen molar-refractivity contribution in [3.05, 3.63) is 70.1 Å². The van der Waals surface area contributed by atoms with Gasteiger partial charge in [0.15, 0.2) is 5.13 Å². The molecule has 3 aromatic rings. The minimum atomic E-state index is -1.04. The first kappa shape index (κ1) is 23.8. The molecule has 0 aliphatic heterocycles. The Kier molecular flexibility index (Phi) is 7.88. The largest absolute Gasteiger partial charge is 0.480 e. The summed E-state index contributed by atoms with van der Waals surface area (Å²) >= 11 is 7.87. The quantitative estimate of drug-likeness (QED) is 0.440. The fraction of sp³-hybridized carbons (Fsp3) is 0.292. The summed E-state index contributed by atoms with van der Waals surface area (Å²) in [6.45, 7) is 6.99. The van der Waals surface area contributed by atoms with Gasteiger partial charge in [-0.05, 0) is 36.6 Å². The third kappa shape index (κ3) is 5.66. The summed E-state index contributed by atoms with van der Waals surface area (Å²) in [5, 5.41) is 15.4. The van der Waals surface area contributed by atoms with E-state index < -0.39 is 17.9 Å². The lowest BCUT2D eigenvalue weighted by Gasteiger charge is -2.20. The van der Waals surface area contributed by atoms with Gasteiger partial charge in [-0.3, -0.25) is 4.79 Å². The Hall–Kier alpha value is -2.90. The topological polar surface area (TPSA) is 82.5 Å². The zero-order valence-corrected chi connectivity index (χ0v) is 19.8. The van der Waals surface area contributed by atoms with E-state index in [-0.39, 0.29) is 5.92 Å². The predicted molar refractivity (Wildman–Crippen MR) is 129 cm³/mol. The number of benzene rings is 2. The second kappa shape index (κ2) is 10.6. The first-order valence-corrected chi connectivity index (χ1v) is 11.6. The van der Waals surface area contributed by atoms with E-state index in [1.807, 2.05) is 41.8 Å². The highest BCUT2D eigenvalue weighted by Gasteiger charge is 2.24. The standard InChI is InChI=1S/C24H26ClN3O3S/c1-4-28(24-26-20(14-32-24)18-7-5-6-8-19(18)25)13-16-9-11-17(12-10-16)22(29)27-21(15(2)3)23(30)31/h5-12,14-15,21H,4,13H2,1-3H3,(H,27,29)(H,30,31). The van der Waals surface area contributed by atoms with Crippen molar-refractivity contribution in [1.82, 2.24) is 10.3 Å². The maximum absolute atomic E-state index is 12.4. The molecule has 1 heterocycles. The van der Waals surface area contributed by atoms with Gasteiger partial charge >= 0.3 is 5.97 Å². The molecule has 2 N–H and O–H groups in total. The Bertz CT molecular complexity index is 1080. The lowest BCUT2D eigenvalue weighted by atomic mass is 10.0. The molecule has 0 saturated heterocycles. The second-order valence-electron chi connectivity index (χ2n) is 7.74. The highest BCUT2D eigenvalue weighted by molar-refractivity contribution is 7.14. The highest BCUT2D eigenvalue weighted by Crippen LogP contribution is 2.32. The van der Waals surface area contributed by atoms with E-state index in [1.54, 1.807) is 37.3 Å². The molecule has 0 radical (unpaired) electrons. The molecule has 1 amide bonds. The smallest absolute Gasteiger partial charge is 0.326 e. The molecule has 0 saturated carbocycles. The number of thiazole rings is 1. The molecule has 6 nitrogen and oxygen atoms in total. The van der Waals surface area contributed by atoms with Crippen molar-refractivity contribution in [3.8, 4) is 11.3 Å². The van der Waals surface area contributed by atoms with Crippen LogP contribution >= 0.6 is 22.9 Å². The van der Waals surface area contributed by atoms with E-state index >= 15 is 0 Å². The van der Waals surface area contributed by atoms with E-state index in [0.717, 1.165) is 28.5 Å². The average Bonchev–Trinajstić information content (AvgIpc) is 3.25. The van der Waals surface area contributed by atoms with Gasteiger partial charge in [0.2, 0.25) is 0 Å². The number of hydrogen-bond donors (Lipinski definition) is 2. The first-order chi connectivity index (χ1) is 15.3. The predicted octanol–water partition coefficient (Wildman–Crippen LogP) is 5.33. The summed E-state index contributed by atoms with van der Waals surface area (Å²) in [7, 11) is 0. The molecule has 168 valence electrons. The Morgan fingerprint density at radius 1 is 1.16 bits per heavy atom. The van der Waals surface area contributed by atoms with E-state index in [4.69, 9.17) is 16.6 Å². The van der Waals surface area contributed by atoms with Gasteiger partial charge in [0.1, 0.15) is 6.04 Å². The van der Waals surface area contributed by atoms with Gasteiger partial charge in [0, 0.05) is 34.6 Å². The summed E-state index contributed by atoms with van der Waals surface area (Å²) in [6, 6.07) is 13.9. The molecule has 0 fully saturated rings. The molecule has 1 atom stereocenters. The number of carbonyl (C=O) groups is 2. The van der Waals surface area contributed by atoms with E-state index in [0.29, 0.717) is 17.1 Å². The number of carboxylic acid groups (broad SMARTS) is 1. The van der Waals surface area contributed by atoms with Gasteiger partial charge in [-0.1, -0.05) is 55.8 Å². The minimum absolute atomic E-state index is 0.206. The van der Waals surface area contributed by atoms with Crippen molar-refractivity contribution in [2.24, 2.45) is 5.92 Å². The number of carboxylic acids is 1. The lowest BCUT2D eigenvalue weighted by Crippen LogP contribution is -2.44. The van der Waals surface area contributed by atoms with Crippen molar-refractivity contribution in [1.29, 1.82) is 0 Å². The van der Waals surface area contributed by atoms with Crippen molar-refractivity contribution >= 4 is 39.9 Å². The Balaban J connectivity index is 1.70. The van der Waals surface area contributed by atoms with Crippen LogP contribution in [0.3, 0.4) is 0 Å². The number of aliphatic carboxylic acids is 1. The number of aromatic nitrogens is 1. The molecule has 3 rings (SSSR count). The van der Waals surface area contributed by atoms with Gasteiger partial charge in [-0.15, -0.1) is 11.3 Å². The number of halogens is 1. The molecule has 1 aromatic heterocycles. The second-order valence-corrected chi connectivity index (χ2v) is 8.98. The van der Waals surface area contributed by atoms with Crippen LogP contribution < -0.4 is 10.2 Å². The molecule has 0 bridgehead atoms. The van der Waals surface area contributed by atoms with E-state index in [1.165, 1.54) is 0 Å². The summed E-state index contributed by atoms with van der Waals surface area (Å²) < 4.78 is 0. The van der Waals surface area contributed by atoms with Crippen LogP contribution in [0, 0.1) is 5.92 Å². The third-order valence-electron chi connectivity index (χ3n) is 5.10. The number of anilines is 1. The summed E-state index contributed by atoms with van der Waals surface area (Å²) in [5.41, 5.74) is 3.21. The van der Waals surface area contributed by atoms with Gasteiger partial charge in [-0.25, -0.2) is 9.78 Å². The SMILES string of the molecule is CCN(Cc1ccc(C(=O)NC(C(=O)O)C(C)C)cc1)c1nc(-c2ccccc2Cl)cs1. The molecular formula is C24H26ClN3O3S. The number of hydrogen-bond acceptors (Lipinski definition) is 5. The van der Waals surface area contributed by atoms with E-state index in [9.17, 15) is 14.7 Å². The van der Waals surface area contributed by atoms with Gasteiger partial charge < -0.3 is 15.3 Å². The first-order valence-electron chi connectivity index (χ1n) is 10.4. The molecular weight excluding hydrogens is 446 g/mol. The van der Waals surface area contributed by atoms with Crippen LogP contribution in [0.15, 0.2) is 53.9 Å². The normalized spacial score (nSPS) is 11.9. The number of nitrogens with zero attached hydrogens (tertiary/aromatic N) is 2. The fourth-order valence-electron chi connectivity index (χ4n) is 3.24. The Morgan fingerprint density at radius 2 is 1.84 bits per heavy atom.